The molecule has 1 aromatic carbocycles. The number of nitrogens with one attached hydrogen (secondary N) is 1. The summed E-state index contributed by atoms with van der Waals surface area (Å²) in [7, 11) is 3.79. The fraction of sp³-hybridized carbons (Fsp3) is 0.458. The number of likely N-dealkylation sites (N-methyl/N-ethyl adjacent to an activating group) is 1. The lowest BCUT2D eigenvalue weighted by atomic mass is 10.0. The fourth-order valence-corrected chi connectivity index (χ4v) is 4.37. The molecule has 0 bridgehead atoms. The Bertz CT molecular complexity index is 1070. The van der Waals surface area contributed by atoms with Crippen molar-refractivity contribution in [3.63, 3.8) is 0 Å². The van der Waals surface area contributed by atoms with E-state index in [1.54, 1.807) is 7.11 Å². The summed E-state index contributed by atoms with van der Waals surface area (Å²) in [5.74, 6) is 2.11. The Morgan fingerprint density at radius 2 is 1.94 bits per heavy atom. The Labute approximate surface area is 182 Å². The molecule has 1 aliphatic heterocycles. The lowest BCUT2D eigenvalue weighted by Crippen LogP contribution is -2.40. The predicted molar refractivity (Wildman–Crippen MR) is 121 cm³/mol. The summed E-state index contributed by atoms with van der Waals surface area (Å²) in [6, 6.07) is 10.7. The number of pyridine rings is 1. The maximum atomic E-state index is 5.90. The molecule has 3 aromatic rings. The Hall–Kier alpha value is -2.77. The molecule has 5 rings (SSSR count). The molecular formula is C24H29N5O2. The van der Waals surface area contributed by atoms with Crippen molar-refractivity contribution in [2.75, 3.05) is 39.4 Å². The number of piperidine rings is 1. The maximum Gasteiger partial charge on any atom is 0.188 e. The topological polar surface area (TPSA) is 72.4 Å². The molecule has 2 aromatic heterocycles. The number of ether oxygens (including phenoxy) is 2. The molecule has 0 amide bonds. The van der Waals surface area contributed by atoms with E-state index >= 15 is 0 Å². The minimum absolute atomic E-state index is 0.170. The van der Waals surface area contributed by atoms with Gasteiger partial charge in [-0.25, -0.2) is 0 Å². The summed E-state index contributed by atoms with van der Waals surface area (Å²) in [6.45, 7) is 2.33. The highest BCUT2D eigenvalue weighted by molar-refractivity contribution is 6.00. The largest absolute Gasteiger partial charge is 0.465 e. The molecule has 1 saturated carbocycles. The number of benzene rings is 1. The van der Waals surface area contributed by atoms with Crippen LogP contribution in [0.2, 0.25) is 0 Å². The molecule has 2 aliphatic rings. The van der Waals surface area contributed by atoms with Gasteiger partial charge in [0, 0.05) is 36.7 Å². The van der Waals surface area contributed by atoms with Crippen molar-refractivity contribution in [2.24, 2.45) is 0 Å². The highest BCUT2D eigenvalue weighted by atomic mass is 16.7. The first-order chi connectivity index (χ1) is 15.2. The first kappa shape index (κ1) is 20.2. The summed E-state index contributed by atoms with van der Waals surface area (Å²) in [4.78, 5) is 7.12. The molecule has 7 heteroatoms. The van der Waals surface area contributed by atoms with Crippen LogP contribution in [0.15, 0.2) is 36.5 Å². The lowest BCUT2D eigenvalue weighted by Gasteiger charge is -2.30. The molecule has 1 atom stereocenters. The first-order valence-electron chi connectivity index (χ1n) is 11.1. The molecule has 31 heavy (non-hydrogen) atoms. The van der Waals surface area contributed by atoms with Gasteiger partial charge in [-0.1, -0.05) is 24.3 Å². The van der Waals surface area contributed by atoms with E-state index < -0.39 is 0 Å². The van der Waals surface area contributed by atoms with E-state index in [0.717, 1.165) is 41.8 Å². The van der Waals surface area contributed by atoms with Crippen LogP contribution in [0.4, 0.5) is 5.82 Å². The molecule has 1 N–H and O–H groups in total. The summed E-state index contributed by atoms with van der Waals surface area (Å²) in [6.07, 6.45) is 6.71. The molecule has 3 heterocycles. The molecule has 0 spiro atoms. The van der Waals surface area contributed by atoms with Gasteiger partial charge in [-0.05, 0) is 56.8 Å². The zero-order chi connectivity index (χ0) is 21.2. The number of methoxy groups -OCH3 is 1. The van der Waals surface area contributed by atoms with Crippen molar-refractivity contribution in [1.82, 2.24) is 20.1 Å². The van der Waals surface area contributed by atoms with Gasteiger partial charge in [0.15, 0.2) is 18.4 Å². The maximum absolute atomic E-state index is 5.90. The summed E-state index contributed by atoms with van der Waals surface area (Å²) >= 11 is 0. The van der Waals surface area contributed by atoms with Gasteiger partial charge >= 0.3 is 0 Å². The van der Waals surface area contributed by atoms with Crippen molar-refractivity contribution >= 4 is 16.6 Å². The number of anilines is 1. The summed E-state index contributed by atoms with van der Waals surface area (Å²) in [5, 5.41) is 14.9. The van der Waals surface area contributed by atoms with Crippen LogP contribution >= 0.6 is 0 Å². The van der Waals surface area contributed by atoms with Crippen molar-refractivity contribution in [2.45, 2.75) is 37.6 Å². The van der Waals surface area contributed by atoms with Crippen LogP contribution in [-0.2, 0) is 4.74 Å². The Balaban J connectivity index is 1.53. The highest BCUT2D eigenvalue weighted by Gasteiger charge is 2.26. The van der Waals surface area contributed by atoms with Crippen molar-refractivity contribution in [1.29, 1.82) is 0 Å². The van der Waals surface area contributed by atoms with E-state index in [2.05, 4.69) is 45.7 Å². The Morgan fingerprint density at radius 3 is 2.71 bits per heavy atom. The molecule has 162 valence electrons. The van der Waals surface area contributed by atoms with E-state index in [0.29, 0.717) is 23.4 Å². The summed E-state index contributed by atoms with van der Waals surface area (Å²) < 4.78 is 11.1. The highest BCUT2D eigenvalue weighted by Crippen LogP contribution is 2.43. The molecule has 1 unspecified atom stereocenters. The quantitative estimate of drug-likeness (QED) is 0.579. The van der Waals surface area contributed by atoms with Crippen LogP contribution in [-0.4, -0.2) is 60.2 Å². The summed E-state index contributed by atoms with van der Waals surface area (Å²) in [5.41, 5.74) is 2.65. The number of aromatic nitrogens is 3. The van der Waals surface area contributed by atoms with E-state index in [1.807, 2.05) is 18.3 Å². The number of likely N-dealkylation sites (tertiary alicyclic amines) is 1. The number of hydrogen-bond donors (Lipinski definition) is 1. The second-order valence-corrected chi connectivity index (χ2v) is 8.63. The number of rotatable bonds is 7. The van der Waals surface area contributed by atoms with Crippen molar-refractivity contribution in [3.05, 3.63) is 42.1 Å². The van der Waals surface area contributed by atoms with Gasteiger partial charge < -0.3 is 19.7 Å². The second-order valence-electron chi connectivity index (χ2n) is 8.63. The average Bonchev–Trinajstić information content (AvgIpc) is 3.64. The zero-order valence-corrected chi connectivity index (χ0v) is 18.2. The molecule has 0 radical (unpaired) electrons. The molecule has 7 nitrogen and oxygen atoms in total. The second kappa shape index (κ2) is 8.77. The van der Waals surface area contributed by atoms with Crippen LogP contribution < -0.4 is 10.1 Å². The van der Waals surface area contributed by atoms with E-state index in [1.165, 1.54) is 24.8 Å². The van der Waals surface area contributed by atoms with Gasteiger partial charge in [0.25, 0.3) is 0 Å². The minimum Gasteiger partial charge on any atom is -0.465 e. The third-order valence-corrected chi connectivity index (χ3v) is 6.13. The predicted octanol–water partition coefficient (Wildman–Crippen LogP) is 4.06. The van der Waals surface area contributed by atoms with E-state index in [4.69, 9.17) is 14.5 Å². The molecule has 2 fully saturated rings. The van der Waals surface area contributed by atoms with Gasteiger partial charge in [-0.15, -0.1) is 10.2 Å². The smallest absolute Gasteiger partial charge is 0.188 e. The van der Waals surface area contributed by atoms with Crippen LogP contribution in [0, 0.1) is 0 Å². The monoisotopic (exact) mass is 419 g/mol. The Kier molecular flexibility index (Phi) is 5.70. The first-order valence-corrected chi connectivity index (χ1v) is 11.1. The van der Waals surface area contributed by atoms with Gasteiger partial charge in [0.1, 0.15) is 11.4 Å². The minimum atomic E-state index is 0.170. The average molecular weight is 420 g/mol. The van der Waals surface area contributed by atoms with Gasteiger partial charge in [-0.3, -0.25) is 4.98 Å². The van der Waals surface area contributed by atoms with Crippen molar-refractivity contribution < 1.29 is 9.47 Å². The standard InChI is InChI=1S/C24H29N5O2/c1-29-11-5-6-18(14-29)26-24-20-8-4-3-7-19(20)22(27-28-24)23-21(31-15-30-2)12-17(13-25-23)16-9-10-16/h3-4,7-8,12-13,16,18H,5-6,9-11,14-15H2,1-2H3,(H,26,28). The Morgan fingerprint density at radius 1 is 1.10 bits per heavy atom. The van der Waals surface area contributed by atoms with Crippen LogP contribution in [0.3, 0.4) is 0 Å². The van der Waals surface area contributed by atoms with Gasteiger partial charge in [0.05, 0.1) is 0 Å². The van der Waals surface area contributed by atoms with E-state index in [9.17, 15) is 0 Å². The van der Waals surface area contributed by atoms with Crippen LogP contribution in [0.5, 0.6) is 5.75 Å². The fourth-order valence-electron chi connectivity index (χ4n) is 4.37. The third kappa shape index (κ3) is 4.34. The third-order valence-electron chi connectivity index (χ3n) is 6.13. The zero-order valence-electron chi connectivity index (χ0n) is 18.2. The number of nitrogens with zero attached hydrogens (tertiary/aromatic N) is 4. The lowest BCUT2D eigenvalue weighted by molar-refractivity contribution is 0.0512. The molecular weight excluding hydrogens is 390 g/mol. The SMILES string of the molecule is COCOc1cc(C2CC2)cnc1-c1nnc(NC2CCCN(C)C2)c2ccccc12. The normalized spacial score (nSPS) is 19.5. The van der Waals surface area contributed by atoms with Crippen LogP contribution in [0.25, 0.3) is 22.2 Å². The van der Waals surface area contributed by atoms with E-state index in [-0.39, 0.29) is 6.79 Å². The van der Waals surface area contributed by atoms with Crippen molar-refractivity contribution in [3.8, 4) is 17.1 Å². The van der Waals surface area contributed by atoms with Crippen LogP contribution in [0.1, 0.15) is 37.2 Å². The number of fused-ring (bicyclic) bond motifs is 1. The van der Waals surface area contributed by atoms with Gasteiger partial charge in [0.2, 0.25) is 0 Å². The molecule has 1 aliphatic carbocycles. The number of hydrogen-bond acceptors (Lipinski definition) is 7. The van der Waals surface area contributed by atoms with Gasteiger partial charge in [-0.2, -0.15) is 0 Å². The molecule has 1 saturated heterocycles.